The highest BCUT2D eigenvalue weighted by molar-refractivity contribution is 9.11. The molecule has 5 heteroatoms. The largest absolute Gasteiger partial charge is 0.390 e. The molecule has 0 amide bonds. The Kier molecular flexibility index (Phi) is 6.43. The van der Waals surface area contributed by atoms with Gasteiger partial charge in [-0.25, -0.2) is 0 Å². The van der Waals surface area contributed by atoms with E-state index in [1.165, 1.54) is 0 Å². The van der Waals surface area contributed by atoms with Gasteiger partial charge >= 0.3 is 0 Å². The molecule has 0 saturated carbocycles. The summed E-state index contributed by atoms with van der Waals surface area (Å²) in [6.07, 6.45) is 0.205. The Morgan fingerprint density at radius 2 is 2.27 bits per heavy atom. The molecule has 0 bridgehead atoms. The van der Waals surface area contributed by atoms with Gasteiger partial charge in [-0.2, -0.15) is 0 Å². The van der Waals surface area contributed by atoms with Gasteiger partial charge in [-0.1, -0.05) is 0 Å². The van der Waals surface area contributed by atoms with Crippen molar-refractivity contribution < 1.29 is 14.6 Å². The number of hydrogen-bond acceptors (Lipinski definition) is 4. The minimum absolute atomic E-state index is 0.360. The van der Waals surface area contributed by atoms with Crippen molar-refractivity contribution in [3.8, 4) is 0 Å². The first-order valence-electron chi connectivity index (χ1n) is 4.71. The van der Waals surface area contributed by atoms with E-state index in [0.29, 0.717) is 26.2 Å². The van der Waals surface area contributed by atoms with E-state index < -0.39 is 6.10 Å². The number of aliphatic hydroxyl groups is 1. The number of ether oxygens (including phenoxy) is 2. The first-order valence-corrected chi connectivity index (χ1v) is 6.32. The quantitative estimate of drug-likeness (QED) is 0.783. The molecule has 3 nitrogen and oxygen atoms in total. The summed E-state index contributed by atoms with van der Waals surface area (Å²) in [5, 5.41) is 9.64. The molecular weight excluding hydrogens is 280 g/mol. The third-order valence-corrected chi connectivity index (χ3v) is 3.45. The Morgan fingerprint density at radius 1 is 1.47 bits per heavy atom. The molecule has 1 atom stereocenters. The molecule has 1 heterocycles. The van der Waals surface area contributed by atoms with Gasteiger partial charge in [0.1, 0.15) is 0 Å². The summed E-state index contributed by atoms with van der Waals surface area (Å²) in [6.45, 7) is 1.46. The lowest BCUT2D eigenvalue weighted by atomic mass is 10.2. The van der Waals surface area contributed by atoms with Crippen LogP contribution in [0.25, 0.3) is 0 Å². The summed E-state index contributed by atoms with van der Waals surface area (Å²) in [5.74, 6) is 0. The van der Waals surface area contributed by atoms with Crippen LogP contribution in [0, 0.1) is 0 Å². The van der Waals surface area contributed by atoms with Gasteiger partial charge in [0, 0.05) is 18.4 Å². The average molecular weight is 295 g/mol. The standard InChI is InChI=1S/C10H15BrO3S/c1-13-4-5-14-7-8(12)6-9-2-3-10(11)15-9/h2-3,8,12H,4-7H2,1H3. The molecule has 0 aliphatic heterocycles. The van der Waals surface area contributed by atoms with Crippen LogP contribution in [0.4, 0.5) is 0 Å². The molecular formula is C10H15BrO3S. The number of hydrogen-bond donors (Lipinski definition) is 1. The van der Waals surface area contributed by atoms with Crippen LogP contribution in [-0.4, -0.2) is 38.1 Å². The molecule has 1 rings (SSSR count). The summed E-state index contributed by atoms with van der Waals surface area (Å²) in [6, 6.07) is 3.99. The van der Waals surface area contributed by atoms with Crippen molar-refractivity contribution in [3.05, 3.63) is 20.8 Å². The van der Waals surface area contributed by atoms with E-state index in [-0.39, 0.29) is 0 Å². The molecule has 1 aromatic rings. The van der Waals surface area contributed by atoms with Gasteiger partial charge in [-0.3, -0.25) is 0 Å². The first-order chi connectivity index (χ1) is 7.22. The summed E-state index contributed by atoms with van der Waals surface area (Å²) >= 11 is 5.02. The lowest BCUT2D eigenvalue weighted by Gasteiger charge is -2.09. The molecule has 86 valence electrons. The minimum Gasteiger partial charge on any atom is -0.390 e. The van der Waals surface area contributed by atoms with Gasteiger partial charge in [0.05, 0.1) is 29.7 Å². The molecule has 0 aliphatic carbocycles. The highest BCUT2D eigenvalue weighted by Gasteiger charge is 2.07. The van der Waals surface area contributed by atoms with E-state index in [2.05, 4.69) is 15.9 Å². The molecule has 15 heavy (non-hydrogen) atoms. The van der Waals surface area contributed by atoms with Crippen LogP contribution in [0.2, 0.25) is 0 Å². The zero-order valence-corrected chi connectivity index (χ0v) is 11.0. The third-order valence-electron chi connectivity index (χ3n) is 1.81. The van der Waals surface area contributed by atoms with Crippen LogP contribution in [0.1, 0.15) is 4.88 Å². The second-order valence-corrected chi connectivity index (χ2v) is 5.68. The van der Waals surface area contributed by atoms with Crippen molar-refractivity contribution in [2.45, 2.75) is 12.5 Å². The van der Waals surface area contributed by atoms with Crippen LogP contribution in [0.3, 0.4) is 0 Å². The highest BCUT2D eigenvalue weighted by atomic mass is 79.9. The second kappa shape index (κ2) is 7.35. The van der Waals surface area contributed by atoms with Gasteiger partial charge in [0.25, 0.3) is 0 Å². The van der Waals surface area contributed by atoms with Crippen LogP contribution in [-0.2, 0) is 15.9 Å². The Balaban J connectivity index is 2.15. The van der Waals surface area contributed by atoms with Gasteiger partial charge < -0.3 is 14.6 Å². The number of aliphatic hydroxyl groups excluding tert-OH is 1. The zero-order valence-electron chi connectivity index (χ0n) is 8.61. The van der Waals surface area contributed by atoms with E-state index in [4.69, 9.17) is 9.47 Å². The van der Waals surface area contributed by atoms with Crippen molar-refractivity contribution in [1.29, 1.82) is 0 Å². The van der Waals surface area contributed by atoms with Crippen LogP contribution in [0.5, 0.6) is 0 Å². The number of halogens is 1. The van der Waals surface area contributed by atoms with Crippen molar-refractivity contribution in [1.82, 2.24) is 0 Å². The smallest absolute Gasteiger partial charge is 0.0821 e. The fraction of sp³-hybridized carbons (Fsp3) is 0.600. The van der Waals surface area contributed by atoms with E-state index in [9.17, 15) is 5.11 Å². The van der Waals surface area contributed by atoms with Crippen molar-refractivity contribution in [3.63, 3.8) is 0 Å². The summed E-state index contributed by atoms with van der Waals surface area (Å²) < 4.78 is 11.2. The van der Waals surface area contributed by atoms with Gasteiger partial charge in [0.15, 0.2) is 0 Å². The zero-order chi connectivity index (χ0) is 11.1. The minimum atomic E-state index is -0.438. The maximum atomic E-state index is 9.64. The van der Waals surface area contributed by atoms with E-state index in [0.717, 1.165) is 8.66 Å². The average Bonchev–Trinajstić information content (AvgIpc) is 2.59. The number of rotatable bonds is 7. The van der Waals surface area contributed by atoms with Gasteiger partial charge in [-0.15, -0.1) is 11.3 Å². The molecule has 0 saturated heterocycles. The fourth-order valence-corrected chi connectivity index (χ4v) is 2.67. The monoisotopic (exact) mass is 294 g/mol. The maximum absolute atomic E-state index is 9.64. The predicted molar refractivity (Wildman–Crippen MR) is 64.4 cm³/mol. The topological polar surface area (TPSA) is 38.7 Å². The van der Waals surface area contributed by atoms with Crippen molar-refractivity contribution in [2.75, 3.05) is 26.9 Å². The summed E-state index contributed by atoms with van der Waals surface area (Å²) in [5.41, 5.74) is 0. The molecule has 0 aliphatic rings. The second-order valence-electron chi connectivity index (χ2n) is 3.13. The summed E-state index contributed by atoms with van der Waals surface area (Å²) in [7, 11) is 1.63. The van der Waals surface area contributed by atoms with Crippen LogP contribution in [0.15, 0.2) is 15.9 Å². The SMILES string of the molecule is COCCOCC(O)Cc1ccc(Br)s1. The van der Waals surface area contributed by atoms with Crippen LogP contribution >= 0.6 is 27.3 Å². The Hall–Kier alpha value is 0.0600. The van der Waals surface area contributed by atoms with E-state index in [1.807, 2.05) is 12.1 Å². The van der Waals surface area contributed by atoms with Crippen molar-refractivity contribution in [2.24, 2.45) is 0 Å². The normalized spacial score (nSPS) is 13.0. The van der Waals surface area contributed by atoms with Gasteiger partial charge in [0.2, 0.25) is 0 Å². The van der Waals surface area contributed by atoms with E-state index in [1.54, 1.807) is 18.4 Å². The molecule has 0 aromatic carbocycles. The molecule has 1 aromatic heterocycles. The molecule has 1 unspecified atom stereocenters. The highest BCUT2D eigenvalue weighted by Crippen LogP contribution is 2.23. The Labute approximate surface area is 102 Å². The Morgan fingerprint density at radius 3 is 2.87 bits per heavy atom. The lowest BCUT2D eigenvalue weighted by Crippen LogP contribution is -2.19. The van der Waals surface area contributed by atoms with Gasteiger partial charge in [-0.05, 0) is 28.1 Å². The van der Waals surface area contributed by atoms with Crippen LogP contribution < -0.4 is 0 Å². The van der Waals surface area contributed by atoms with E-state index >= 15 is 0 Å². The summed E-state index contributed by atoms with van der Waals surface area (Å²) in [4.78, 5) is 1.16. The Bertz CT molecular complexity index is 277. The number of thiophene rings is 1. The third kappa shape index (κ3) is 5.63. The lowest BCUT2D eigenvalue weighted by molar-refractivity contribution is 0.0140. The first kappa shape index (κ1) is 13.1. The molecule has 0 spiro atoms. The number of methoxy groups -OCH3 is 1. The molecule has 1 N–H and O–H groups in total. The fourth-order valence-electron chi connectivity index (χ4n) is 1.11. The molecule has 0 radical (unpaired) electrons. The maximum Gasteiger partial charge on any atom is 0.0821 e. The van der Waals surface area contributed by atoms with Crippen molar-refractivity contribution >= 4 is 27.3 Å². The molecule has 0 fully saturated rings. The predicted octanol–water partition coefficient (Wildman–Crippen LogP) is 2.08.